The molecule has 0 unspecified atom stereocenters. The Labute approximate surface area is 344 Å². The van der Waals surface area contributed by atoms with Crippen molar-refractivity contribution in [1.82, 2.24) is 0 Å². The molecule has 2 aliphatic rings. The Morgan fingerprint density at radius 2 is 1.12 bits per heavy atom. The van der Waals surface area contributed by atoms with Crippen molar-refractivity contribution in [1.29, 1.82) is 21.0 Å². The average molecular weight is 767 g/mol. The van der Waals surface area contributed by atoms with Crippen LogP contribution in [0.15, 0.2) is 137 Å². The van der Waals surface area contributed by atoms with E-state index in [9.17, 15) is 21.0 Å². The molecular weight excluding hydrogens is 717 g/mol. The number of aryl methyl sites for hydroxylation is 1. The Morgan fingerprint density at radius 3 is 1.62 bits per heavy atom. The fourth-order valence-corrected chi connectivity index (χ4v) is 7.10. The summed E-state index contributed by atoms with van der Waals surface area (Å²) in [6, 6.07) is 30.7. The maximum Gasteiger partial charge on any atom is 0.133 e. The maximum atomic E-state index is 9.38. The number of benzene rings is 3. The van der Waals surface area contributed by atoms with Crippen molar-refractivity contribution >= 4 is 23.5 Å². The minimum atomic E-state index is -0.0152. The number of nitrogens with zero attached hydrogens (tertiary/aromatic N) is 6. The molecule has 0 spiro atoms. The Hall–Kier alpha value is -7.00. The number of rotatable bonds is 14. The zero-order valence-corrected chi connectivity index (χ0v) is 34.2. The summed E-state index contributed by atoms with van der Waals surface area (Å²) in [5.74, 6) is 1.54. The summed E-state index contributed by atoms with van der Waals surface area (Å²) in [4.78, 5) is 4.32. The summed E-state index contributed by atoms with van der Waals surface area (Å²) in [5, 5.41) is 37.3. The van der Waals surface area contributed by atoms with Gasteiger partial charge in [-0.15, -0.1) is 0 Å². The van der Waals surface area contributed by atoms with Crippen LogP contribution in [0.25, 0.3) is 12.2 Å². The summed E-state index contributed by atoms with van der Waals surface area (Å²) >= 11 is 0. The van der Waals surface area contributed by atoms with Crippen LogP contribution in [0.3, 0.4) is 0 Å². The maximum absolute atomic E-state index is 9.38. The monoisotopic (exact) mass is 766 g/mol. The number of ether oxygens (including phenoxy) is 2. The first-order chi connectivity index (χ1) is 27.9. The highest BCUT2D eigenvalue weighted by Crippen LogP contribution is 2.39. The molecule has 0 saturated carbocycles. The van der Waals surface area contributed by atoms with Crippen molar-refractivity contribution in [2.24, 2.45) is 5.41 Å². The van der Waals surface area contributed by atoms with E-state index in [-0.39, 0.29) is 16.6 Å². The molecule has 0 amide bonds. The Morgan fingerprint density at radius 1 is 0.655 bits per heavy atom. The van der Waals surface area contributed by atoms with E-state index in [2.05, 4.69) is 98.0 Å². The highest BCUT2D eigenvalue weighted by atomic mass is 16.5. The van der Waals surface area contributed by atoms with Crippen molar-refractivity contribution in [3.63, 3.8) is 0 Å². The second-order valence-electron chi connectivity index (χ2n) is 15.7. The third kappa shape index (κ3) is 12.0. The summed E-state index contributed by atoms with van der Waals surface area (Å²) in [7, 11) is 4.10. The van der Waals surface area contributed by atoms with Gasteiger partial charge in [0.1, 0.15) is 60.1 Å². The van der Waals surface area contributed by atoms with Gasteiger partial charge in [0, 0.05) is 31.5 Å². The van der Waals surface area contributed by atoms with Gasteiger partial charge in [0.2, 0.25) is 0 Å². The highest BCUT2D eigenvalue weighted by Gasteiger charge is 2.26. The summed E-state index contributed by atoms with van der Waals surface area (Å²) in [6.07, 6.45) is 15.1. The molecule has 3 aromatic rings. The van der Waals surface area contributed by atoms with Gasteiger partial charge in [-0.1, -0.05) is 86.7 Å². The van der Waals surface area contributed by atoms with Crippen LogP contribution in [-0.4, -0.2) is 40.4 Å². The topological polar surface area (TPSA) is 120 Å². The smallest absolute Gasteiger partial charge is 0.133 e. The van der Waals surface area contributed by atoms with Crippen LogP contribution in [0.4, 0.5) is 11.4 Å². The van der Waals surface area contributed by atoms with E-state index in [0.717, 1.165) is 86.7 Å². The molecule has 0 N–H and O–H groups in total. The molecule has 0 aliphatic heterocycles. The van der Waals surface area contributed by atoms with Crippen LogP contribution >= 0.6 is 0 Å². The molecule has 5 rings (SSSR count). The van der Waals surface area contributed by atoms with Gasteiger partial charge in [-0.2, -0.15) is 21.0 Å². The fraction of sp³-hybridized carbons (Fsp3) is 0.280. The van der Waals surface area contributed by atoms with Gasteiger partial charge in [-0.3, -0.25) is 0 Å². The van der Waals surface area contributed by atoms with Crippen LogP contribution < -0.4 is 19.3 Å². The minimum absolute atomic E-state index is 0.0152. The Kier molecular flexibility index (Phi) is 14.3. The first kappa shape index (κ1) is 42.1. The van der Waals surface area contributed by atoms with E-state index < -0.39 is 0 Å². The van der Waals surface area contributed by atoms with Crippen molar-refractivity contribution in [2.75, 3.05) is 50.2 Å². The molecule has 2 aliphatic carbocycles. The van der Waals surface area contributed by atoms with E-state index in [1.165, 1.54) is 0 Å². The van der Waals surface area contributed by atoms with E-state index in [4.69, 9.17) is 9.47 Å². The summed E-state index contributed by atoms with van der Waals surface area (Å²) in [6.45, 7) is 12.9. The lowest BCUT2D eigenvalue weighted by Crippen LogP contribution is -2.24. The number of likely N-dealkylation sites (N-methyl/N-ethyl adjacent to an activating group) is 2. The molecule has 0 atom stereocenters. The lowest BCUT2D eigenvalue weighted by atomic mass is 9.74. The van der Waals surface area contributed by atoms with E-state index in [1.807, 2.05) is 80.8 Å². The zero-order valence-electron chi connectivity index (χ0n) is 34.2. The van der Waals surface area contributed by atoms with E-state index in [0.29, 0.717) is 32.7 Å². The fourth-order valence-electron chi connectivity index (χ4n) is 7.10. The van der Waals surface area contributed by atoms with E-state index in [1.54, 1.807) is 0 Å². The second kappa shape index (κ2) is 19.7. The van der Waals surface area contributed by atoms with Crippen LogP contribution in [0, 0.1) is 57.7 Å². The number of allylic oxidation sites excluding steroid dienone is 11. The largest absolute Gasteiger partial charge is 0.492 e. The second-order valence-corrected chi connectivity index (χ2v) is 15.7. The van der Waals surface area contributed by atoms with Crippen LogP contribution in [-0.2, 0) is 0 Å². The molecule has 292 valence electrons. The zero-order chi connectivity index (χ0) is 41.7. The Bertz CT molecular complexity index is 2330. The van der Waals surface area contributed by atoms with Crippen molar-refractivity contribution in [3.05, 3.63) is 153 Å². The van der Waals surface area contributed by atoms with Gasteiger partial charge in [0.15, 0.2) is 0 Å². The normalized spacial score (nSPS) is 14.7. The quantitative estimate of drug-likeness (QED) is 0.117. The lowest BCUT2D eigenvalue weighted by Gasteiger charge is -2.30. The third-order valence-corrected chi connectivity index (χ3v) is 10.1. The van der Waals surface area contributed by atoms with Gasteiger partial charge in [-0.05, 0) is 113 Å². The third-order valence-electron chi connectivity index (χ3n) is 10.1. The highest BCUT2D eigenvalue weighted by molar-refractivity contribution is 5.61. The van der Waals surface area contributed by atoms with Gasteiger partial charge in [0.25, 0.3) is 0 Å². The number of anilines is 2. The molecule has 8 heteroatoms. The summed E-state index contributed by atoms with van der Waals surface area (Å²) in [5.41, 5.74) is 10.3. The molecule has 0 heterocycles. The predicted molar refractivity (Wildman–Crippen MR) is 234 cm³/mol. The van der Waals surface area contributed by atoms with Crippen LogP contribution in [0.2, 0.25) is 0 Å². The van der Waals surface area contributed by atoms with Crippen molar-refractivity contribution in [2.45, 2.75) is 46.5 Å². The van der Waals surface area contributed by atoms with Gasteiger partial charge < -0.3 is 19.3 Å². The predicted octanol–water partition coefficient (Wildman–Crippen LogP) is 10.8. The van der Waals surface area contributed by atoms with Crippen LogP contribution in [0.1, 0.15) is 56.2 Å². The number of hydrogen-bond acceptors (Lipinski definition) is 8. The molecule has 0 radical (unpaired) electrons. The average Bonchev–Trinajstić information content (AvgIpc) is 3.19. The minimum Gasteiger partial charge on any atom is -0.492 e. The molecular formula is C50H50N6O2. The van der Waals surface area contributed by atoms with E-state index >= 15 is 0 Å². The van der Waals surface area contributed by atoms with Crippen LogP contribution in [0.5, 0.6) is 11.5 Å². The molecule has 58 heavy (non-hydrogen) atoms. The first-order valence-electron chi connectivity index (χ1n) is 19.4. The van der Waals surface area contributed by atoms with Crippen molar-refractivity contribution < 1.29 is 9.47 Å². The number of hydrogen-bond donors (Lipinski definition) is 0. The van der Waals surface area contributed by atoms with Gasteiger partial charge in [-0.25, -0.2) is 0 Å². The first-order valence-corrected chi connectivity index (χ1v) is 19.4. The molecule has 0 fully saturated rings. The SMILES string of the molecule is C=C1CC(/C=C/c2ccc(N(C)CCOc3cc(C)cc(OCCN(C)c4ccc(/C=C/C5=CC(=C(C#N)C#N)CC(C)(C)C5)cc4)c3)cc2)=CC(=C(C#N)C#N)C1. The Balaban J connectivity index is 1.08. The van der Waals surface area contributed by atoms with Gasteiger partial charge >= 0.3 is 0 Å². The number of nitriles is 4. The molecule has 0 aromatic heterocycles. The molecule has 0 bridgehead atoms. The molecule has 0 saturated heterocycles. The summed E-state index contributed by atoms with van der Waals surface area (Å²) < 4.78 is 12.3. The molecule has 3 aromatic carbocycles. The van der Waals surface area contributed by atoms with Crippen molar-refractivity contribution in [3.8, 4) is 35.8 Å². The van der Waals surface area contributed by atoms with Gasteiger partial charge in [0.05, 0.1) is 13.1 Å². The molecule has 8 nitrogen and oxygen atoms in total. The standard InChI is InChI=1S/C50H50N6O2/c1-36-23-40(27-42(24-36)44(32-51)33-52)9-7-38-11-15-46(16-12-38)55(5)19-21-57-48-25-37(2)26-49(29-48)58-22-20-56(6)47-17-13-39(14-18-47)8-10-41-28-43(45(34-53)35-54)31-50(3,4)30-41/h7-18,25-29H,1,19-24,30-31H2,2-6H3/b9-7+,10-8+. The lowest BCUT2D eigenvalue weighted by molar-refractivity contribution is 0.309.